The van der Waals surface area contributed by atoms with E-state index < -0.39 is 0 Å². The molecule has 0 aliphatic rings. The summed E-state index contributed by atoms with van der Waals surface area (Å²) in [6, 6.07) is 6.62. The van der Waals surface area contributed by atoms with Gasteiger partial charge in [-0.25, -0.2) is 4.79 Å². The van der Waals surface area contributed by atoms with Gasteiger partial charge in [-0.3, -0.25) is 4.79 Å². The Labute approximate surface area is 113 Å². The highest BCUT2D eigenvalue weighted by atomic mass is 16.2. The molecule has 5 nitrogen and oxygen atoms in total. The van der Waals surface area contributed by atoms with E-state index in [1.165, 1.54) is 0 Å². The van der Waals surface area contributed by atoms with Gasteiger partial charge in [0, 0.05) is 24.3 Å². The second-order valence-electron chi connectivity index (χ2n) is 4.79. The van der Waals surface area contributed by atoms with Gasteiger partial charge < -0.3 is 16.0 Å². The van der Waals surface area contributed by atoms with E-state index >= 15 is 0 Å². The average molecular weight is 263 g/mol. The van der Waals surface area contributed by atoms with E-state index in [0.717, 1.165) is 0 Å². The topological polar surface area (TPSA) is 70.2 Å². The lowest BCUT2D eigenvalue weighted by Gasteiger charge is -2.18. The fraction of sp³-hybridized carbons (Fsp3) is 0.429. The minimum atomic E-state index is -0.268. The van der Waals surface area contributed by atoms with E-state index in [-0.39, 0.29) is 18.0 Å². The fourth-order valence-electron chi connectivity index (χ4n) is 1.42. The zero-order valence-corrected chi connectivity index (χ0v) is 11.8. The molecule has 19 heavy (non-hydrogen) atoms. The SMILES string of the molecule is CNC(=O)c1cccc(NC(=O)N[C@@H](C)C(C)C)c1. The van der Waals surface area contributed by atoms with Gasteiger partial charge in [0.05, 0.1) is 0 Å². The number of hydrogen-bond donors (Lipinski definition) is 3. The van der Waals surface area contributed by atoms with Crippen LogP contribution in [0.3, 0.4) is 0 Å². The fourth-order valence-corrected chi connectivity index (χ4v) is 1.42. The molecule has 0 unspecified atom stereocenters. The Morgan fingerprint density at radius 2 is 1.84 bits per heavy atom. The molecule has 0 spiro atoms. The Morgan fingerprint density at radius 3 is 2.42 bits per heavy atom. The van der Waals surface area contributed by atoms with Crippen molar-refractivity contribution in [3.05, 3.63) is 29.8 Å². The van der Waals surface area contributed by atoms with Crippen LogP contribution in [0.1, 0.15) is 31.1 Å². The van der Waals surface area contributed by atoms with Crippen molar-refractivity contribution in [3.63, 3.8) is 0 Å². The molecule has 1 aromatic carbocycles. The largest absolute Gasteiger partial charge is 0.355 e. The zero-order chi connectivity index (χ0) is 14.4. The molecule has 1 rings (SSSR count). The van der Waals surface area contributed by atoms with Gasteiger partial charge in [0.1, 0.15) is 0 Å². The quantitative estimate of drug-likeness (QED) is 0.779. The number of hydrogen-bond acceptors (Lipinski definition) is 2. The third kappa shape index (κ3) is 4.62. The van der Waals surface area contributed by atoms with Crippen LogP contribution in [0.5, 0.6) is 0 Å². The summed E-state index contributed by atoms with van der Waals surface area (Å²) in [5.41, 5.74) is 1.10. The van der Waals surface area contributed by atoms with Crippen LogP contribution in [-0.2, 0) is 0 Å². The first kappa shape index (κ1) is 15.0. The van der Waals surface area contributed by atoms with Crippen molar-refractivity contribution in [2.24, 2.45) is 5.92 Å². The van der Waals surface area contributed by atoms with Crippen LogP contribution in [0.15, 0.2) is 24.3 Å². The van der Waals surface area contributed by atoms with Gasteiger partial charge in [0.15, 0.2) is 0 Å². The second kappa shape index (κ2) is 6.78. The van der Waals surface area contributed by atoms with Gasteiger partial charge >= 0.3 is 6.03 Å². The second-order valence-corrected chi connectivity index (χ2v) is 4.79. The summed E-state index contributed by atoms with van der Waals surface area (Å²) in [4.78, 5) is 23.2. The van der Waals surface area contributed by atoms with Gasteiger partial charge in [-0.2, -0.15) is 0 Å². The first-order chi connectivity index (χ1) is 8.93. The van der Waals surface area contributed by atoms with E-state index in [0.29, 0.717) is 17.2 Å². The van der Waals surface area contributed by atoms with E-state index in [1.807, 2.05) is 20.8 Å². The van der Waals surface area contributed by atoms with Crippen molar-refractivity contribution < 1.29 is 9.59 Å². The summed E-state index contributed by atoms with van der Waals surface area (Å²) in [5.74, 6) is 0.183. The lowest BCUT2D eigenvalue weighted by Crippen LogP contribution is -2.39. The van der Waals surface area contributed by atoms with Gasteiger partial charge in [0.2, 0.25) is 0 Å². The van der Waals surface area contributed by atoms with Crippen LogP contribution >= 0.6 is 0 Å². The predicted molar refractivity (Wildman–Crippen MR) is 76.3 cm³/mol. The predicted octanol–water partition coefficient (Wildman–Crippen LogP) is 2.21. The van der Waals surface area contributed by atoms with Crippen molar-refractivity contribution >= 4 is 17.6 Å². The third-order valence-corrected chi connectivity index (χ3v) is 2.97. The molecule has 0 aliphatic heterocycles. The first-order valence-electron chi connectivity index (χ1n) is 6.33. The van der Waals surface area contributed by atoms with E-state index in [4.69, 9.17) is 0 Å². The number of rotatable bonds is 4. The van der Waals surface area contributed by atoms with Crippen molar-refractivity contribution in [3.8, 4) is 0 Å². The van der Waals surface area contributed by atoms with Crippen molar-refractivity contribution in [1.29, 1.82) is 0 Å². The van der Waals surface area contributed by atoms with Gasteiger partial charge in [-0.1, -0.05) is 19.9 Å². The molecule has 0 saturated heterocycles. The maximum absolute atomic E-state index is 11.8. The standard InChI is InChI=1S/C14H21N3O2/c1-9(2)10(3)16-14(19)17-12-7-5-6-11(8-12)13(18)15-4/h5-10H,1-4H3,(H,15,18)(H2,16,17,19)/t10-/m0/s1. The van der Waals surface area contributed by atoms with Crippen molar-refractivity contribution in [2.45, 2.75) is 26.8 Å². The van der Waals surface area contributed by atoms with Crippen LogP contribution in [0.4, 0.5) is 10.5 Å². The van der Waals surface area contributed by atoms with Crippen LogP contribution in [-0.4, -0.2) is 25.0 Å². The lowest BCUT2D eigenvalue weighted by molar-refractivity contribution is 0.0963. The summed E-state index contributed by atoms with van der Waals surface area (Å²) >= 11 is 0. The van der Waals surface area contributed by atoms with E-state index in [2.05, 4.69) is 16.0 Å². The highest BCUT2D eigenvalue weighted by molar-refractivity contribution is 5.96. The summed E-state index contributed by atoms with van der Waals surface area (Å²) in [6.45, 7) is 6.03. The minimum absolute atomic E-state index is 0.0853. The van der Waals surface area contributed by atoms with Gasteiger partial charge in [0.25, 0.3) is 5.91 Å². The summed E-state index contributed by atoms with van der Waals surface area (Å²) in [6.07, 6.45) is 0. The molecule has 1 aromatic rings. The van der Waals surface area contributed by atoms with Crippen LogP contribution in [0, 0.1) is 5.92 Å². The molecule has 0 bridgehead atoms. The van der Waals surface area contributed by atoms with Crippen molar-refractivity contribution in [2.75, 3.05) is 12.4 Å². The Balaban J connectivity index is 2.67. The molecule has 0 heterocycles. The van der Waals surface area contributed by atoms with E-state index in [1.54, 1.807) is 31.3 Å². The molecular formula is C14H21N3O2. The monoisotopic (exact) mass is 263 g/mol. The maximum Gasteiger partial charge on any atom is 0.319 e. The first-order valence-corrected chi connectivity index (χ1v) is 6.33. The maximum atomic E-state index is 11.8. The van der Waals surface area contributed by atoms with Crippen LogP contribution in [0.25, 0.3) is 0 Å². The Kier molecular flexibility index (Phi) is 5.36. The number of nitrogens with one attached hydrogen (secondary N) is 3. The molecule has 3 N–H and O–H groups in total. The number of carbonyl (C=O) groups is 2. The molecule has 0 aromatic heterocycles. The third-order valence-electron chi connectivity index (χ3n) is 2.97. The Bertz CT molecular complexity index is 458. The number of benzene rings is 1. The molecule has 0 radical (unpaired) electrons. The Morgan fingerprint density at radius 1 is 1.16 bits per heavy atom. The van der Waals surface area contributed by atoms with Crippen molar-refractivity contribution in [1.82, 2.24) is 10.6 Å². The zero-order valence-electron chi connectivity index (χ0n) is 11.8. The van der Waals surface area contributed by atoms with Gasteiger partial charge in [-0.15, -0.1) is 0 Å². The number of urea groups is 1. The Hall–Kier alpha value is -2.04. The average Bonchev–Trinajstić information content (AvgIpc) is 2.37. The molecule has 0 saturated carbocycles. The van der Waals surface area contributed by atoms with Gasteiger partial charge in [-0.05, 0) is 31.0 Å². The highest BCUT2D eigenvalue weighted by Gasteiger charge is 2.11. The smallest absolute Gasteiger partial charge is 0.319 e. The molecule has 3 amide bonds. The molecule has 0 fully saturated rings. The molecule has 1 atom stereocenters. The lowest BCUT2D eigenvalue weighted by atomic mass is 10.1. The normalized spacial score (nSPS) is 11.8. The van der Waals surface area contributed by atoms with E-state index in [9.17, 15) is 9.59 Å². The molecule has 0 aliphatic carbocycles. The minimum Gasteiger partial charge on any atom is -0.355 e. The highest BCUT2D eigenvalue weighted by Crippen LogP contribution is 2.10. The van der Waals surface area contributed by atoms with Crippen LogP contribution < -0.4 is 16.0 Å². The molecule has 5 heteroatoms. The number of anilines is 1. The number of amides is 3. The molecular weight excluding hydrogens is 242 g/mol. The number of carbonyl (C=O) groups excluding carboxylic acids is 2. The summed E-state index contributed by atoms with van der Waals surface area (Å²) in [7, 11) is 1.57. The molecule has 104 valence electrons. The van der Waals surface area contributed by atoms with Crippen LogP contribution in [0.2, 0.25) is 0 Å². The summed E-state index contributed by atoms with van der Waals surface area (Å²) in [5, 5.41) is 8.10. The summed E-state index contributed by atoms with van der Waals surface area (Å²) < 4.78 is 0.